The molecule has 1 N–H and O–H groups in total. The van der Waals surface area contributed by atoms with E-state index in [1.54, 1.807) is 12.4 Å². The predicted octanol–water partition coefficient (Wildman–Crippen LogP) is 4.55. The molecule has 1 saturated heterocycles. The number of aromatic nitrogens is 3. The van der Waals surface area contributed by atoms with Gasteiger partial charge in [0.05, 0.1) is 24.1 Å². The number of carbonyl (C=O) groups excluding carboxylic acids is 1. The number of nitrogens with one attached hydrogen (secondary N) is 1. The zero-order chi connectivity index (χ0) is 18.6. The fourth-order valence-corrected chi connectivity index (χ4v) is 4.06. The molecule has 1 atom stereocenters. The Bertz CT molecular complexity index is 930. The summed E-state index contributed by atoms with van der Waals surface area (Å²) in [7, 11) is 0. The second kappa shape index (κ2) is 8.02. The molecule has 4 heterocycles. The van der Waals surface area contributed by atoms with Crippen LogP contribution in [-0.4, -0.2) is 33.8 Å². The zero-order valence-electron chi connectivity index (χ0n) is 14.5. The van der Waals surface area contributed by atoms with Crippen LogP contribution >= 0.6 is 22.9 Å². The molecular weight excluding hydrogens is 382 g/mol. The minimum absolute atomic E-state index is 0.0529. The molecule has 27 heavy (non-hydrogen) atoms. The van der Waals surface area contributed by atoms with Gasteiger partial charge >= 0.3 is 0 Å². The van der Waals surface area contributed by atoms with Gasteiger partial charge in [-0.25, -0.2) is 15.0 Å². The lowest BCUT2D eigenvalue weighted by atomic mass is 10.0. The van der Waals surface area contributed by atoms with Gasteiger partial charge in [-0.2, -0.15) is 0 Å². The van der Waals surface area contributed by atoms with Crippen LogP contribution in [0, 0.1) is 0 Å². The summed E-state index contributed by atoms with van der Waals surface area (Å²) in [5.41, 5.74) is 1.73. The summed E-state index contributed by atoms with van der Waals surface area (Å²) < 4.78 is 0.633. The Hall–Kier alpha value is -2.51. The Kier molecular flexibility index (Phi) is 5.31. The predicted molar refractivity (Wildman–Crippen MR) is 109 cm³/mol. The maximum Gasteiger partial charge on any atom is 0.143 e. The summed E-state index contributed by atoms with van der Waals surface area (Å²) in [4.78, 5) is 26.7. The van der Waals surface area contributed by atoms with E-state index in [9.17, 15) is 4.79 Å². The largest absolute Gasteiger partial charge is 0.361 e. The molecule has 0 aliphatic carbocycles. The average Bonchev–Trinajstić information content (AvgIpc) is 3.15. The number of rotatable bonds is 5. The number of hydrogen-bond acceptors (Lipinski definition) is 7. The van der Waals surface area contributed by atoms with Gasteiger partial charge in [-0.1, -0.05) is 17.7 Å². The first-order valence-electron chi connectivity index (χ1n) is 8.77. The third-order valence-electron chi connectivity index (χ3n) is 4.49. The Morgan fingerprint density at radius 1 is 1.15 bits per heavy atom. The van der Waals surface area contributed by atoms with Crippen LogP contribution in [0.4, 0.5) is 17.3 Å². The second-order valence-electron chi connectivity index (χ2n) is 6.30. The highest BCUT2D eigenvalue weighted by Crippen LogP contribution is 2.28. The molecule has 3 aromatic rings. The van der Waals surface area contributed by atoms with E-state index >= 15 is 0 Å². The molecule has 138 valence electrons. The molecular formula is C19H18ClN5OS. The van der Waals surface area contributed by atoms with Crippen LogP contribution in [0.15, 0.2) is 42.7 Å². The van der Waals surface area contributed by atoms with Gasteiger partial charge in [-0.05, 0) is 43.5 Å². The van der Waals surface area contributed by atoms with Gasteiger partial charge in [-0.3, -0.25) is 0 Å². The van der Waals surface area contributed by atoms with Crippen LogP contribution in [0.1, 0.15) is 19.3 Å². The Morgan fingerprint density at radius 3 is 2.81 bits per heavy atom. The summed E-state index contributed by atoms with van der Waals surface area (Å²) in [5.74, 6) is 1.38. The van der Waals surface area contributed by atoms with E-state index in [2.05, 4.69) is 25.2 Å². The average molecular weight is 400 g/mol. The van der Waals surface area contributed by atoms with Gasteiger partial charge in [0.15, 0.2) is 0 Å². The summed E-state index contributed by atoms with van der Waals surface area (Å²) >= 11 is 7.35. The summed E-state index contributed by atoms with van der Waals surface area (Å²) in [5, 5.41) is 3.98. The lowest BCUT2D eigenvalue weighted by Crippen LogP contribution is -2.40. The van der Waals surface area contributed by atoms with Crippen LogP contribution in [0.2, 0.25) is 4.34 Å². The van der Waals surface area contributed by atoms with Crippen LogP contribution in [0.25, 0.3) is 10.7 Å². The highest BCUT2D eigenvalue weighted by molar-refractivity contribution is 7.18. The highest BCUT2D eigenvalue weighted by Gasteiger charge is 2.22. The van der Waals surface area contributed by atoms with E-state index in [4.69, 9.17) is 11.6 Å². The number of carbonyl (C=O) groups is 1. The topological polar surface area (TPSA) is 71.0 Å². The molecule has 0 saturated carbocycles. The molecule has 1 aliphatic rings. The van der Waals surface area contributed by atoms with Crippen molar-refractivity contribution >= 4 is 46.5 Å². The fourth-order valence-electron chi connectivity index (χ4n) is 3.18. The van der Waals surface area contributed by atoms with Crippen LogP contribution < -0.4 is 10.2 Å². The molecule has 0 aromatic carbocycles. The quantitative estimate of drug-likeness (QED) is 0.634. The van der Waals surface area contributed by atoms with Gasteiger partial charge in [0.1, 0.15) is 33.0 Å². The number of thiazole rings is 1. The Balaban J connectivity index is 1.49. The van der Waals surface area contributed by atoms with Crippen molar-refractivity contribution in [2.24, 2.45) is 0 Å². The third-order valence-corrected chi connectivity index (χ3v) is 5.63. The summed E-state index contributed by atoms with van der Waals surface area (Å²) in [6.07, 6.45) is 7.55. The van der Waals surface area contributed by atoms with E-state index in [1.165, 1.54) is 11.3 Å². The smallest absolute Gasteiger partial charge is 0.143 e. The van der Waals surface area contributed by atoms with Crippen molar-refractivity contribution in [3.05, 3.63) is 47.1 Å². The number of pyridine rings is 2. The van der Waals surface area contributed by atoms with Gasteiger partial charge in [0.2, 0.25) is 0 Å². The first-order valence-corrected chi connectivity index (χ1v) is 9.96. The van der Waals surface area contributed by atoms with Gasteiger partial charge in [-0.15, -0.1) is 11.3 Å². The molecule has 4 rings (SSSR count). The molecule has 6 nitrogen and oxygen atoms in total. The standard InChI is InChI=1S/C19H18ClN5OS/c20-16-11-22-19(27-16)15-5-3-6-18(23-15)24-17-8-7-13(10-21-17)25-9-2-1-4-14(25)12-26/h3,5-8,10-12,14H,1-2,4,9H2,(H,21,23,24). The number of piperidine rings is 1. The maximum atomic E-state index is 11.3. The number of anilines is 3. The van der Waals surface area contributed by atoms with Crippen molar-refractivity contribution in [2.45, 2.75) is 25.3 Å². The number of halogens is 1. The van der Waals surface area contributed by atoms with Crippen molar-refractivity contribution in [1.82, 2.24) is 15.0 Å². The van der Waals surface area contributed by atoms with Crippen LogP contribution in [0.3, 0.4) is 0 Å². The molecule has 1 unspecified atom stereocenters. The van der Waals surface area contributed by atoms with E-state index < -0.39 is 0 Å². The number of aldehydes is 1. The zero-order valence-corrected chi connectivity index (χ0v) is 16.1. The molecule has 1 fully saturated rings. The Morgan fingerprint density at radius 2 is 2.07 bits per heavy atom. The first-order chi connectivity index (χ1) is 13.2. The normalized spacial score (nSPS) is 16.9. The lowest BCUT2D eigenvalue weighted by molar-refractivity contribution is -0.109. The molecule has 3 aromatic heterocycles. The lowest BCUT2D eigenvalue weighted by Gasteiger charge is -2.34. The molecule has 8 heteroatoms. The molecule has 1 aliphatic heterocycles. The van der Waals surface area contributed by atoms with E-state index in [-0.39, 0.29) is 6.04 Å². The van der Waals surface area contributed by atoms with E-state index in [0.717, 1.165) is 48.5 Å². The summed E-state index contributed by atoms with van der Waals surface area (Å²) in [6.45, 7) is 0.887. The maximum absolute atomic E-state index is 11.3. The molecule has 0 bridgehead atoms. The van der Waals surface area contributed by atoms with Crippen LogP contribution in [-0.2, 0) is 4.79 Å². The first kappa shape index (κ1) is 17.9. The van der Waals surface area contributed by atoms with Crippen molar-refractivity contribution in [3.63, 3.8) is 0 Å². The highest BCUT2D eigenvalue weighted by atomic mass is 35.5. The molecule has 0 radical (unpaired) electrons. The molecule has 0 spiro atoms. The number of nitrogens with zero attached hydrogens (tertiary/aromatic N) is 4. The fraction of sp³-hybridized carbons (Fsp3) is 0.263. The minimum Gasteiger partial charge on any atom is -0.361 e. The Labute approximate surface area is 166 Å². The van der Waals surface area contributed by atoms with Crippen molar-refractivity contribution in [2.75, 3.05) is 16.8 Å². The van der Waals surface area contributed by atoms with Crippen molar-refractivity contribution in [3.8, 4) is 10.7 Å². The van der Waals surface area contributed by atoms with Gasteiger partial charge in [0.25, 0.3) is 0 Å². The molecule has 0 amide bonds. The van der Waals surface area contributed by atoms with Crippen molar-refractivity contribution < 1.29 is 4.79 Å². The number of hydrogen-bond donors (Lipinski definition) is 1. The van der Waals surface area contributed by atoms with Crippen molar-refractivity contribution in [1.29, 1.82) is 0 Å². The van der Waals surface area contributed by atoms with E-state index in [0.29, 0.717) is 16.0 Å². The summed E-state index contributed by atoms with van der Waals surface area (Å²) in [6, 6.07) is 9.52. The second-order valence-corrected chi connectivity index (χ2v) is 7.96. The van der Waals surface area contributed by atoms with Gasteiger partial charge < -0.3 is 15.0 Å². The van der Waals surface area contributed by atoms with E-state index in [1.807, 2.05) is 30.3 Å². The SMILES string of the molecule is O=CC1CCCCN1c1ccc(Nc2cccc(-c3ncc(Cl)s3)n2)nc1. The monoisotopic (exact) mass is 399 g/mol. The van der Waals surface area contributed by atoms with Gasteiger partial charge in [0, 0.05) is 6.54 Å². The minimum atomic E-state index is -0.0529. The third kappa shape index (κ3) is 4.09. The van der Waals surface area contributed by atoms with Crippen LogP contribution in [0.5, 0.6) is 0 Å².